The molecule has 0 amide bonds. The van der Waals surface area contributed by atoms with Gasteiger partial charge < -0.3 is 10.2 Å². The second kappa shape index (κ2) is 5.76. The van der Waals surface area contributed by atoms with Crippen LogP contribution in [0.2, 0.25) is 0 Å². The van der Waals surface area contributed by atoms with Crippen LogP contribution in [0.5, 0.6) is 5.75 Å². The highest BCUT2D eigenvalue weighted by Crippen LogP contribution is 2.41. The monoisotopic (exact) mass is 282 g/mol. The van der Waals surface area contributed by atoms with Crippen LogP contribution in [-0.2, 0) is 10.8 Å². The van der Waals surface area contributed by atoms with Gasteiger partial charge >= 0.3 is 0 Å². The molecule has 0 bridgehead atoms. The summed E-state index contributed by atoms with van der Waals surface area (Å²) in [4.78, 5) is 1.11. The van der Waals surface area contributed by atoms with Gasteiger partial charge in [-0.15, -0.1) is 11.8 Å². The van der Waals surface area contributed by atoms with Crippen molar-refractivity contribution in [2.75, 3.05) is 12.4 Å². The zero-order valence-corrected chi connectivity index (χ0v) is 13.7. The number of aliphatic hydroxyl groups excluding tert-OH is 1. The fourth-order valence-electron chi connectivity index (χ4n) is 2.00. The van der Waals surface area contributed by atoms with E-state index in [0.29, 0.717) is 11.5 Å². The van der Waals surface area contributed by atoms with E-state index in [0.717, 1.165) is 16.0 Å². The second-order valence-electron chi connectivity index (χ2n) is 6.94. The summed E-state index contributed by atoms with van der Waals surface area (Å²) in [5.41, 5.74) is 1.75. The first-order valence-corrected chi connectivity index (χ1v) is 7.67. The Bertz CT molecular complexity index is 404. The van der Waals surface area contributed by atoms with Crippen LogP contribution in [0.3, 0.4) is 0 Å². The molecule has 2 N–H and O–H groups in total. The van der Waals surface area contributed by atoms with Gasteiger partial charge in [-0.1, -0.05) is 41.5 Å². The van der Waals surface area contributed by atoms with Gasteiger partial charge in [0.25, 0.3) is 0 Å². The third-order valence-electron chi connectivity index (χ3n) is 3.06. The number of rotatable bonds is 3. The van der Waals surface area contributed by atoms with Gasteiger partial charge in [0, 0.05) is 21.8 Å². The third kappa shape index (κ3) is 4.15. The molecule has 19 heavy (non-hydrogen) atoms. The van der Waals surface area contributed by atoms with E-state index in [-0.39, 0.29) is 17.4 Å². The van der Waals surface area contributed by atoms with Crippen LogP contribution in [-0.4, -0.2) is 22.6 Å². The van der Waals surface area contributed by atoms with Crippen LogP contribution in [0.15, 0.2) is 17.0 Å². The molecule has 0 heterocycles. The minimum Gasteiger partial charge on any atom is -0.507 e. The maximum Gasteiger partial charge on any atom is 0.123 e. The Labute approximate surface area is 121 Å². The van der Waals surface area contributed by atoms with Crippen molar-refractivity contribution in [1.82, 2.24) is 0 Å². The van der Waals surface area contributed by atoms with Gasteiger partial charge in [-0.2, -0.15) is 0 Å². The highest BCUT2D eigenvalue weighted by molar-refractivity contribution is 7.99. The molecule has 1 aromatic rings. The van der Waals surface area contributed by atoms with Crippen LogP contribution in [0.25, 0.3) is 0 Å². The molecule has 0 aliphatic carbocycles. The standard InChI is InChI=1S/C16H26O2S/c1-15(2,3)12-9-11(19-8-7-17)10-13(14(12)18)16(4,5)6/h9-10,17-18H,7-8H2,1-6H3. The van der Waals surface area contributed by atoms with Crippen molar-refractivity contribution in [2.24, 2.45) is 0 Å². The van der Waals surface area contributed by atoms with Gasteiger partial charge in [0.2, 0.25) is 0 Å². The molecule has 0 radical (unpaired) electrons. The van der Waals surface area contributed by atoms with Crippen LogP contribution >= 0.6 is 11.8 Å². The lowest BCUT2D eigenvalue weighted by atomic mass is 9.79. The summed E-state index contributed by atoms with van der Waals surface area (Å²) < 4.78 is 0. The molecule has 0 aliphatic heterocycles. The molecule has 0 spiro atoms. The molecule has 0 atom stereocenters. The summed E-state index contributed by atoms with van der Waals surface area (Å²) in [6, 6.07) is 4.09. The number of aliphatic hydroxyl groups is 1. The van der Waals surface area contributed by atoms with Crippen molar-refractivity contribution < 1.29 is 10.2 Å². The highest BCUT2D eigenvalue weighted by Gasteiger charge is 2.26. The molecule has 0 saturated heterocycles. The van der Waals surface area contributed by atoms with Crippen molar-refractivity contribution in [2.45, 2.75) is 57.3 Å². The summed E-state index contributed by atoms with van der Waals surface area (Å²) >= 11 is 1.63. The number of phenolic OH excluding ortho intramolecular Hbond substituents is 1. The Hall–Kier alpha value is -0.670. The molecule has 0 aromatic heterocycles. The van der Waals surface area contributed by atoms with Gasteiger partial charge in [0.15, 0.2) is 0 Å². The van der Waals surface area contributed by atoms with Gasteiger partial charge in [0.05, 0.1) is 6.61 Å². The Kier molecular flexibility index (Phi) is 4.97. The maximum atomic E-state index is 10.6. The molecule has 108 valence electrons. The summed E-state index contributed by atoms with van der Waals surface area (Å²) in [6.07, 6.45) is 0. The van der Waals surface area contributed by atoms with Gasteiger partial charge in [0.1, 0.15) is 5.75 Å². The molecule has 1 rings (SSSR count). The topological polar surface area (TPSA) is 40.5 Å². The number of hydrogen-bond acceptors (Lipinski definition) is 3. The normalized spacial score (nSPS) is 12.8. The molecule has 1 aromatic carbocycles. The highest BCUT2D eigenvalue weighted by atomic mass is 32.2. The maximum absolute atomic E-state index is 10.6. The van der Waals surface area contributed by atoms with E-state index in [1.807, 2.05) is 12.1 Å². The minimum absolute atomic E-state index is 0.0974. The quantitative estimate of drug-likeness (QED) is 0.821. The molecular formula is C16H26O2S. The number of aromatic hydroxyl groups is 1. The first-order valence-electron chi connectivity index (χ1n) is 6.69. The Morgan fingerprint density at radius 1 is 0.947 bits per heavy atom. The first-order chi connectivity index (χ1) is 8.57. The fraction of sp³-hybridized carbons (Fsp3) is 0.625. The van der Waals surface area contributed by atoms with Crippen molar-refractivity contribution in [3.05, 3.63) is 23.3 Å². The smallest absolute Gasteiger partial charge is 0.123 e. The Morgan fingerprint density at radius 3 is 1.68 bits per heavy atom. The Morgan fingerprint density at radius 2 is 1.37 bits per heavy atom. The second-order valence-corrected chi connectivity index (χ2v) is 8.11. The van der Waals surface area contributed by atoms with E-state index < -0.39 is 0 Å². The SMILES string of the molecule is CC(C)(C)c1cc(SCCO)cc(C(C)(C)C)c1O. The third-order valence-corrected chi connectivity index (χ3v) is 4.02. The van der Waals surface area contributed by atoms with Crippen LogP contribution in [0, 0.1) is 0 Å². The zero-order valence-electron chi connectivity index (χ0n) is 12.9. The summed E-state index contributed by atoms with van der Waals surface area (Å²) in [7, 11) is 0. The first kappa shape index (κ1) is 16.4. The van der Waals surface area contributed by atoms with E-state index in [1.54, 1.807) is 11.8 Å². The predicted octanol–water partition coefficient (Wildman–Crippen LogP) is 4.07. The lowest BCUT2D eigenvalue weighted by Crippen LogP contribution is -2.17. The average Bonchev–Trinajstić information content (AvgIpc) is 2.24. The summed E-state index contributed by atoms with van der Waals surface area (Å²) in [5, 5.41) is 19.5. The van der Waals surface area contributed by atoms with Gasteiger partial charge in [-0.05, 0) is 23.0 Å². The summed E-state index contributed by atoms with van der Waals surface area (Å²) in [5.74, 6) is 1.09. The van der Waals surface area contributed by atoms with E-state index >= 15 is 0 Å². The van der Waals surface area contributed by atoms with Gasteiger partial charge in [-0.25, -0.2) is 0 Å². The molecule has 0 fully saturated rings. The minimum atomic E-state index is -0.0974. The van der Waals surface area contributed by atoms with Gasteiger partial charge in [-0.3, -0.25) is 0 Å². The van der Waals surface area contributed by atoms with Crippen LogP contribution in [0.1, 0.15) is 52.7 Å². The molecule has 0 aliphatic rings. The summed E-state index contributed by atoms with van der Waals surface area (Å²) in [6.45, 7) is 12.8. The molecule has 2 nitrogen and oxygen atoms in total. The predicted molar refractivity (Wildman–Crippen MR) is 83.3 cm³/mol. The Balaban J connectivity index is 3.39. The van der Waals surface area contributed by atoms with E-state index in [4.69, 9.17) is 5.11 Å². The van der Waals surface area contributed by atoms with Crippen LogP contribution in [0.4, 0.5) is 0 Å². The van der Waals surface area contributed by atoms with Crippen molar-refractivity contribution in [3.8, 4) is 5.75 Å². The average molecular weight is 282 g/mol. The van der Waals surface area contributed by atoms with E-state index in [1.165, 1.54) is 0 Å². The largest absolute Gasteiger partial charge is 0.507 e. The van der Waals surface area contributed by atoms with Crippen LogP contribution < -0.4 is 0 Å². The van der Waals surface area contributed by atoms with E-state index in [9.17, 15) is 5.11 Å². The number of hydrogen-bond donors (Lipinski definition) is 2. The lowest BCUT2D eigenvalue weighted by Gasteiger charge is -2.28. The number of benzene rings is 1. The molecule has 3 heteroatoms. The lowest BCUT2D eigenvalue weighted by molar-refractivity contribution is 0.322. The zero-order chi connectivity index (χ0) is 14.8. The molecule has 0 saturated carbocycles. The number of thioether (sulfide) groups is 1. The fourth-order valence-corrected chi connectivity index (χ4v) is 2.73. The van der Waals surface area contributed by atoms with Crippen molar-refractivity contribution in [1.29, 1.82) is 0 Å². The van der Waals surface area contributed by atoms with Crippen molar-refractivity contribution in [3.63, 3.8) is 0 Å². The number of phenols is 1. The molecular weight excluding hydrogens is 256 g/mol. The van der Waals surface area contributed by atoms with E-state index in [2.05, 4.69) is 41.5 Å². The van der Waals surface area contributed by atoms with Crippen molar-refractivity contribution >= 4 is 11.8 Å². The molecule has 0 unspecified atom stereocenters.